The van der Waals surface area contributed by atoms with Gasteiger partial charge in [0.1, 0.15) is 0 Å². The first-order valence-electron chi connectivity index (χ1n) is 10.4. The Kier molecular flexibility index (Phi) is 6.66. The Balaban J connectivity index is 1.58. The second-order valence-corrected chi connectivity index (χ2v) is 9.27. The predicted octanol–water partition coefficient (Wildman–Crippen LogP) is 6.70. The van der Waals surface area contributed by atoms with Gasteiger partial charge in [0.05, 0.1) is 18.6 Å². The minimum Gasteiger partial charge on any atom is -0.365 e. The molecule has 0 saturated carbocycles. The van der Waals surface area contributed by atoms with Crippen LogP contribution >= 0.6 is 23.2 Å². The summed E-state index contributed by atoms with van der Waals surface area (Å²) in [7, 11) is 0. The van der Waals surface area contributed by atoms with Gasteiger partial charge in [0, 0.05) is 28.4 Å². The first kappa shape index (κ1) is 21.9. The molecule has 5 heteroatoms. The molecule has 0 aliphatic carbocycles. The number of hydrogen-bond donors (Lipinski definition) is 1. The van der Waals surface area contributed by atoms with Gasteiger partial charge >= 0.3 is 0 Å². The number of rotatable bonds is 5. The first-order chi connectivity index (χ1) is 14.9. The molecule has 3 atom stereocenters. The smallest absolute Gasteiger partial charge is 0.224 e. The van der Waals surface area contributed by atoms with Crippen molar-refractivity contribution in [3.8, 4) is 0 Å². The van der Waals surface area contributed by atoms with E-state index in [2.05, 4.69) is 12.2 Å². The van der Waals surface area contributed by atoms with Gasteiger partial charge in [-0.3, -0.25) is 4.79 Å². The van der Waals surface area contributed by atoms with E-state index in [-0.39, 0.29) is 18.1 Å². The average Bonchev–Trinajstić information content (AvgIpc) is 2.74. The SMILES string of the molecule is C[C@]1(NC(=O)Cc2ccccc2)C[C@@H](c2ccc(Cl)cc2)O[C@@H](c2cccc(Cl)c2)C1. The molecule has 4 rings (SSSR count). The number of amides is 1. The lowest BCUT2D eigenvalue weighted by Crippen LogP contribution is -2.51. The number of halogens is 2. The molecule has 3 nitrogen and oxygen atoms in total. The van der Waals surface area contributed by atoms with Crippen LogP contribution in [-0.4, -0.2) is 11.4 Å². The summed E-state index contributed by atoms with van der Waals surface area (Å²) < 4.78 is 6.50. The molecule has 3 aromatic carbocycles. The molecule has 1 aliphatic rings. The van der Waals surface area contributed by atoms with Crippen LogP contribution in [0, 0.1) is 0 Å². The minimum atomic E-state index is -0.429. The Bertz CT molecular complexity index is 1040. The molecular weight excluding hydrogens is 429 g/mol. The summed E-state index contributed by atoms with van der Waals surface area (Å²) in [5, 5.41) is 4.65. The van der Waals surface area contributed by atoms with E-state index >= 15 is 0 Å². The fourth-order valence-corrected chi connectivity index (χ4v) is 4.56. The van der Waals surface area contributed by atoms with Gasteiger partial charge in [-0.25, -0.2) is 0 Å². The van der Waals surface area contributed by atoms with Crippen molar-refractivity contribution in [3.63, 3.8) is 0 Å². The molecule has 160 valence electrons. The Morgan fingerprint density at radius 2 is 1.58 bits per heavy atom. The highest BCUT2D eigenvalue weighted by Gasteiger charge is 2.40. The van der Waals surface area contributed by atoms with E-state index in [0.717, 1.165) is 16.7 Å². The number of hydrogen-bond acceptors (Lipinski definition) is 2. The maximum absolute atomic E-state index is 12.9. The lowest BCUT2D eigenvalue weighted by atomic mass is 9.81. The summed E-state index contributed by atoms with van der Waals surface area (Å²) in [5.41, 5.74) is 2.62. The molecule has 1 aliphatic heterocycles. The summed E-state index contributed by atoms with van der Waals surface area (Å²) in [6.45, 7) is 2.10. The molecule has 1 saturated heterocycles. The highest BCUT2D eigenvalue weighted by molar-refractivity contribution is 6.30. The minimum absolute atomic E-state index is 0.00954. The van der Waals surface area contributed by atoms with Gasteiger partial charge < -0.3 is 10.1 Å². The monoisotopic (exact) mass is 453 g/mol. The normalized spacial score (nSPS) is 23.3. The maximum Gasteiger partial charge on any atom is 0.224 e. The van der Waals surface area contributed by atoms with E-state index < -0.39 is 5.54 Å². The van der Waals surface area contributed by atoms with E-state index in [1.54, 1.807) is 0 Å². The zero-order valence-electron chi connectivity index (χ0n) is 17.4. The summed E-state index contributed by atoms with van der Waals surface area (Å²) in [6, 6.07) is 25.2. The van der Waals surface area contributed by atoms with Gasteiger partial charge in [-0.2, -0.15) is 0 Å². The Hall–Kier alpha value is -2.33. The van der Waals surface area contributed by atoms with Crippen LogP contribution in [0.3, 0.4) is 0 Å². The van der Waals surface area contributed by atoms with E-state index in [9.17, 15) is 4.79 Å². The largest absolute Gasteiger partial charge is 0.365 e. The molecule has 0 aromatic heterocycles. The number of benzene rings is 3. The van der Waals surface area contributed by atoms with Gasteiger partial charge in [-0.05, 0) is 47.9 Å². The predicted molar refractivity (Wildman–Crippen MR) is 125 cm³/mol. The molecule has 1 fully saturated rings. The number of nitrogens with one attached hydrogen (secondary N) is 1. The molecule has 3 aromatic rings. The lowest BCUT2D eigenvalue weighted by Gasteiger charge is -2.43. The lowest BCUT2D eigenvalue weighted by molar-refractivity contribution is -0.128. The fourth-order valence-electron chi connectivity index (χ4n) is 4.24. The maximum atomic E-state index is 12.9. The Labute approximate surface area is 193 Å². The van der Waals surface area contributed by atoms with Crippen LogP contribution in [-0.2, 0) is 16.0 Å². The molecule has 1 N–H and O–H groups in total. The molecule has 0 bridgehead atoms. The second kappa shape index (κ2) is 9.44. The highest BCUT2D eigenvalue weighted by Crippen LogP contribution is 2.44. The van der Waals surface area contributed by atoms with Crippen molar-refractivity contribution < 1.29 is 9.53 Å². The summed E-state index contributed by atoms with van der Waals surface area (Å²) in [6.07, 6.45) is 1.33. The van der Waals surface area contributed by atoms with Crippen LogP contribution in [0.15, 0.2) is 78.9 Å². The van der Waals surface area contributed by atoms with Crippen molar-refractivity contribution >= 4 is 29.1 Å². The van der Waals surface area contributed by atoms with Crippen LogP contribution in [0.2, 0.25) is 10.0 Å². The molecule has 1 heterocycles. The van der Waals surface area contributed by atoms with Gasteiger partial charge in [-0.15, -0.1) is 0 Å². The molecular formula is C26H25Cl2NO2. The second-order valence-electron chi connectivity index (χ2n) is 8.40. The topological polar surface area (TPSA) is 38.3 Å². The quantitative estimate of drug-likeness (QED) is 0.466. The third kappa shape index (κ3) is 5.68. The van der Waals surface area contributed by atoms with Crippen molar-refractivity contribution in [1.29, 1.82) is 0 Å². The standard InChI is InChI=1S/C26H25Cl2NO2/c1-26(29-25(30)14-18-6-3-2-4-7-18)16-23(19-10-12-21(27)13-11-19)31-24(17-26)20-8-5-9-22(28)15-20/h2-13,15,23-24H,14,16-17H2,1H3,(H,29,30)/t23-,24+,26-/m0/s1. The fraction of sp³-hybridized carbons (Fsp3) is 0.269. The molecule has 0 unspecified atom stereocenters. The summed E-state index contributed by atoms with van der Waals surface area (Å²) in [5.74, 6) is 0.00954. The third-order valence-electron chi connectivity index (χ3n) is 5.71. The number of carbonyl (C=O) groups is 1. The van der Waals surface area contributed by atoms with E-state index in [0.29, 0.717) is 29.3 Å². The molecule has 31 heavy (non-hydrogen) atoms. The van der Waals surface area contributed by atoms with Gasteiger partial charge in [0.2, 0.25) is 5.91 Å². The van der Waals surface area contributed by atoms with Crippen LogP contribution in [0.5, 0.6) is 0 Å². The summed E-state index contributed by atoms with van der Waals surface area (Å²) in [4.78, 5) is 12.9. The van der Waals surface area contributed by atoms with Gasteiger partial charge in [0.25, 0.3) is 0 Å². The van der Waals surface area contributed by atoms with Crippen LogP contribution in [0.4, 0.5) is 0 Å². The van der Waals surface area contributed by atoms with Crippen molar-refractivity contribution in [2.24, 2.45) is 0 Å². The molecule has 0 radical (unpaired) electrons. The first-order valence-corrected chi connectivity index (χ1v) is 11.2. The van der Waals surface area contributed by atoms with Crippen LogP contribution in [0.1, 0.15) is 48.7 Å². The molecule has 1 amide bonds. The van der Waals surface area contributed by atoms with Gasteiger partial charge in [-0.1, -0.05) is 77.8 Å². The summed E-state index contributed by atoms with van der Waals surface area (Å²) >= 11 is 12.3. The molecule has 0 spiro atoms. The van der Waals surface area contributed by atoms with E-state index in [1.165, 1.54) is 0 Å². The Morgan fingerprint density at radius 1 is 0.903 bits per heavy atom. The van der Waals surface area contributed by atoms with Gasteiger partial charge in [0.15, 0.2) is 0 Å². The average molecular weight is 454 g/mol. The Morgan fingerprint density at radius 3 is 2.26 bits per heavy atom. The zero-order chi connectivity index (χ0) is 21.8. The number of carbonyl (C=O) groups excluding carboxylic acids is 1. The van der Waals surface area contributed by atoms with E-state index in [4.69, 9.17) is 27.9 Å². The zero-order valence-corrected chi connectivity index (χ0v) is 18.9. The van der Waals surface area contributed by atoms with Crippen molar-refractivity contribution in [2.75, 3.05) is 0 Å². The van der Waals surface area contributed by atoms with Crippen LogP contribution in [0.25, 0.3) is 0 Å². The highest BCUT2D eigenvalue weighted by atomic mass is 35.5. The number of ether oxygens (including phenoxy) is 1. The third-order valence-corrected chi connectivity index (χ3v) is 6.20. The van der Waals surface area contributed by atoms with Crippen molar-refractivity contribution in [1.82, 2.24) is 5.32 Å². The van der Waals surface area contributed by atoms with E-state index in [1.807, 2.05) is 78.9 Å². The van der Waals surface area contributed by atoms with Crippen molar-refractivity contribution in [2.45, 2.75) is 43.9 Å². The van der Waals surface area contributed by atoms with Crippen molar-refractivity contribution in [3.05, 3.63) is 106 Å². The van der Waals surface area contributed by atoms with Crippen LogP contribution < -0.4 is 5.32 Å².